The Kier molecular flexibility index (Phi) is 3.86. The number of likely N-dealkylation sites (tertiary alicyclic amines) is 1. The molecule has 0 radical (unpaired) electrons. The second-order valence-electron chi connectivity index (χ2n) is 6.57. The lowest BCUT2D eigenvalue weighted by Crippen LogP contribution is -2.45. The van der Waals surface area contributed by atoms with Crippen molar-refractivity contribution in [3.8, 4) is 0 Å². The monoisotopic (exact) mass is 339 g/mol. The molecule has 0 N–H and O–H groups in total. The molecule has 0 aromatic carbocycles. The molecule has 0 aliphatic carbocycles. The van der Waals surface area contributed by atoms with E-state index in [9.17, 15) is 18.0 Å². The predicted octanol–water partition coefficient (Wildman–Crippen LogP) is 0.984. The van der Waals surface area contributed by atoms with Crippen molar-refractivity contribution in [1.29, 1.82) is 0 Å². The summed E-state index contributed by atoms with van der Waals surface area (Å²) in [6.07, 6.45) is 4.88. The first-order chi connectivity index (χ1) is 10.7. The Morgan fingerprint density at radius 1 is 1.39 bits per heavy atom. The largest absolute Gasteiger partial charge is 0.442 e. The summed E-state index contributed by atoms with van der Waals surface area (Å²) in [4.78, 5) is 26.6. The van der Waals surface area contributed by atoms with E-state index in [4.69, 9.17) is 4.74 Å². The van der Waals surface area contributed by atoms with E-state index in [0.717, 1.165) is 25.9 Å². The molecule has 3 aliphatic rings. The fourth-order valence-electron chi connectivity index (χ4n) is 3.51. The number of carbonyl (C=O) groups is 2. The van der Waals surface area contributed by atoms with Gasteiger partial charge in [0.25, 0.3) is 0 Å². The lowest BCUT2D eigenvalue weighted by Gasteiger charge is -2.32. The van der Waals surface area contributed by atoms with Gasteiger partial charge >= 0.3 is 5.97 Å². The Labute approximate surface area is 136 Å². The minimum atomic E-state index is -3.32. The quantitative estimate of drug-likeness (QED) is 0.561. The Bertz CT molecular complexity index is 715. The predicted molar refractivity (Wildman–Crippen MR) is 84.3 cm³/mol. The third-order valence-electron chi connectivity index (χ3n) is 4.98. The lowest BCUT2D eigenvalue weighted by atomic mass is 9.92. The molecular weight excluding hydrogens is 318 g/mol. The molecule has 23 heavy (non-hydrogen) atoms. The van der Waals surface area contributed by atoms with Crippen molar-refractivity contribution in [2.24, 2.45) is 0 Å². The second-order valence-corrected chi connectivity index (χ2v) is 8.80. The number of hydrogen-bond donors (Lipinski definition) is 0. The number of sulfone groups is 1. The number of rotatable bonds is 4. The van der Waals surface area contributed by atoms with Gasteiger partial charge in [0, 0.05) is 25.6 Å². The fourth-order valence-corrected chi connectivity index (χ4v) is 5.31. The average Bonchev–Trinajstić information content (AvgIpc) is 3.14. The van der Waals surface area contributed by atoms with Gasteiger partial charge < -0.3 is 9.64 Å². The first-order valence-corrected chi connectivity index (χ1v) is 9.57. The summed E-state index contributed by atoms with van der Waals surface area (Å²) >= 11 is 0. The summed E-state index contributed by atoms with van der Waals surface area (Å²) in [5.74, 6) is -0.920. The van der Waals surface area contributed by atoms with Crippen molar-refractivity contribution in [2.45, 2.75) is 44.0 Å². The minimum absolute atomic E-state index is 0.0257. The van der Waals surface area contributed by atoms with Crippen LogP contribution in [0.2, 0.25) is 0 Å². The Morgan fingerprint density at radius 2 is 2.04 bits per heavy atom. The first kappa shape index (κ1) is 16.2. The summed E-state index contributed by atoms with van der Waals surface area (Å²) in [7, 11) is -3.32. The van der Waals surface area contributed by atoms with Crippen LogP contribution in [0.1, 0.15) is 33.1 Å². The minimum Gasteiger partial charge on any atom is -0.442 e. The first-order valence-electron chi connectivity index (χ1n) is 7.86. The van der Waals surface area contributed by atoms with Crippen LogP contribution in [0.15, 0.2) is 23.4 Å². The molecule has 6 nitrogen and oxygen atoms in total. The number of hydrogen-bond acceptors (Lipinski definition) is 6. The van der Waals surface area contributed by atoms with E-state index in [1.54, 1.807) is 19.9 Å². The number of carbonyl (C=O) groups excluding carboxylic acids is 2. The molecule has 2 atom stereocenters. The molecule has 0 saturated carbocycles. The van der Waals surface area contributed by atoms with Crippen LogP contribution in [0.25, 0.3) is 0 Å². The molecule has 0 spiro atoms. The Balaban J connectivity index is 1.84. The smallest absolute Gasteiger partial charge is 0.334 e. The summed E-state index contributed by atoms with van der Waals surface area (Å²) < 4.78 is 29.5. The van der Waals surface area contributed by atoms with E-state index >= 15 is 0 Å². The van der Waals surface area contributed by atoms with Gasteiger partial charge in [-0.05, 0) is 26.7 Å². The van der Waals surface area contributed by atoms with Crippen LogP contribution in [0.5, 0.6) is 0 Å². The molecule has 3 rings (SSSR count). The van der Waals surface area contributed by atoms with Crippen molar-refractivity contribution in [3.63, 3.8) is 0 Å². The van der Waals surface area contributed by atoms with Crippen LogP contribution >= 0.6 is 0 Å². The molecule has 3 heterocycles. The Hall–Kier alpha value is -1.63. The molecule has 1 saturated heterocycles. The van der Waals surface area contributed by atoms with Crippen LogP contribution in [-0.2, 0) is 24.2 Å². The van der Waals surface area contributed by atoms with E-state index in [1.165, 1.54) is 6.08 Å². The molecule has 7 heteroatoms. The highest BCUT2D eigenvalue weighted by Crippen LogP contribution is 2.36. The zero-order chi connectivity index (χ0) is 16.8. The molecule has 2 unspecified atom stereocenters. The van der Waals surface area contributed by atoms with Crippen molar-refractivity contribution in [2.75, 3.05) is 18.8 Å². The SMILES string of the molecule is CC1=CCS(=O)(=O)C1CC(=O)C1(C)OC(=O)C=C1N1CCCC1. The van der Waals surface area contributed by atoms with Gasteiger partial charge in [0.15, 0.2) is 15.6 Å². The Morgan fingerprint density at radius 3 is 2.61 bits per heavy atom. The van der Waals surface area contributed by atoms with Gasteiger partial charge in [-0.25, -0.2) is 13.2 Å². The van der Waals surface area contributed by atoms with Crippen LogP contribution < -0.4 is 0 Å². The lowest BCUT2D eigenvalue weighted by molar-refractivity contribution is -0.154. The zero-order valence-electron chi connectivity index (χ0n) is 13.4. The van der Waals surface area contributed by atoms with E-state index in [2.05, 4.69) is 0 Å². The molecule has 0 amide bonds. The summed E-state index contributed by atoms with van der Waals surface area (Å²) in [5, 5.41) is -0.800. The third-order valence-corrected chi connectivity index (χ3v) is 7.01. The molecule has 0 bridgehead atoms. The van der Waals surface area contributed by atoms with Gasteiger partial charge in [-0.3, -0.25) is 4.79 Å². The topological polar surface area (TPSA) is 80.7 Å². The van der Waals surface area contributed by atoms with Gasteiger partial charge in [0.05, 0.1) is 16.7 Å². The van der Waals surface area contributed by atoms with E-state index in [0.29, 0.717) is 11.3 Å². The number of esters is 1. The highest BCUT2D eigenvalue weighted by atomic mass is 32.2. The summed E-state index contributed by atoms with van der Waals surface area (Å²) in [6, 6.07) is 0. The van der Waals surface area contributed by atoms with Crippen molar-refractivity contribution >= 4 is 21.6 Å². The summed E-state index contributed by atoms with van der Waals surface area (Å²) in [6.45, 7) is 4.87. The normalized spacial score (nSPS) is 32.7. The molecule has 126 valence electrons. The fraction of sp³-hybridized carbons (Fsp3) is 0.625. The van der Waals surface area contributed by atoms with Crippen molar-refractivity contribution < 1.29 is 22.7 Å². The molecule has 3 aliphatic heterocycles. The summed E-state index contributed by atoms with van der Waals surface area (Å²) in [5.41, 5.74) is -0.111. The molecule has 0 aromatic heterocycles. The maximum atomic E-state index is 12.8. The van der Waals surface area contributed by atoms with E-state index in [-0.39, 0.29) is 18.0 Å². The number of ether oxygens (including phenoxy) is 1. The van der Waals surface area contributed by atoms with Gasteiger partial charge in [-0.15, -0.1) is 0 Å². The van der Waals surface area contributed by atoms with Gasteiger partial charge in [-0.1, -0.05) is 11.6 Å². The van der Waals surface area contributed by atoms with Crippen LogP contribution in [0, 0.1) is 0 Å². The highest BCUT2D eigenvalue weighted by Gasteiger charge is 2.49. The van der Waals surface area contributed by atoms with Gasteiger partial charge in [0.1, 0.15) is 0 Å². The van der Waals surface area contributed by atoms with E-state index in [1.807, 2.05) is 4.90 Å². The van der Waals surface area contributed by atoms with Crippen molar-refractivity contribution in [3.05, 3.63) is 23.4 Å². The van der Waals surface area contributed by atoms with Gasteiger partial charge in [-0.2, -0.15) is 0 Å². The number of cyclic esters (lactones) is 1. The second kappa shape index (κ2) is 5.47. The van der Waals surface area contributed by atoms with Crippen molar-refractivity contribution in [1.82, 2.24) is 4.90 Å². The number of ketones is 1. The maximum absolute atomic E-state index is 12.8. The number of nitrogens with zero attached hydrogens (tertiary/aromatic N) is 1. The molecular formula is C16H21NO5S. The third kappa shape index (κ3) is 2.71. The molecule has 1 fully saturated rings. The maximum Gasteiger partial charge on any atom is 0.334 e. The molecule has 0 aromatic rings. The standard InChI is InChI=1S/C16H21NO5S/c1-11-5-8-23(20,21)12(11)9-14(18)16(2)13(10-15(19)22-16)17-6-3-4-7-17/h5,10,12H,3-4,6-9H2,1-2H3. The van der Waals surface area contributed by atoms with Crippen LogP contribution in [-0.4, -0.2) is 54.8 Å². The van der Waals surface area contributed by atoms with E-state index < -0.39 is 26.7 Å². The van der Waals surface area contributed by atoms with Crippen LogP contribution in [0.3, 0.4) is 0 Å². The number of Topliss-reactive ketones (excluding diaryl/α,β-unsaturated/α-hetero) is 1. The van der Waals surface area contributed by atoms with Gasteiger partial charge in [0.2, 0.25) is 5.60 Å². The highest BCUT2D eigenvalue weighted by molar-refractivity contribution is 7.92. The zero-order valence-corrected chi connectivity index (χ0v) is 14.2. The average molecular weight is 339 g/mol. The van der Waals surface area contributed by atoms with Crippen LogP contribution in [0.4, 0.5) is 0 Å².